The molecule has 3 nitrogen and oxygen atoms in total. The summed E-state index contributed by atoms with van der Waals surface area (Å²) >= 11 is 0. The Hall–Kier alpha value is -1.22. The van der Waals surface area contributed by atoms with Crippen LogP contribution in [0.4, 0.5) is 0 Å². The van der Waals surface area contributed by atoms with Crippen LogP contribution >= 0.6 is 0 Å². The molecule has 14 heavy (non-hydrogen) atoms. The highest BCUT2D eigenvalue weighted by Crippen LogP contribution is 2.32. The molecule has 3 heteroatoms. The van der Waals surface area contributed by atoms with Gasteiger partial charge >= 0.3 is 0 Å². The van der Waals surface area contributed by atoms with Crippen molar-refractivity contribution >= 4 is 0 Å². The number of ether oxygens (including phenoxy) is 2. The average Bonchev–Trinajstić information content (AvgIpc) is 2.21. The van der Waals surface area contributed by atoms with E-state index in [2.05, 4.69) is 0 Å². The summed E-state index contributed by atoms with van der Waals surface area (Å²) in [6, 6.07) is 1.93. The lowest BCUT2D eigenvalue weighted by Gasteiger charge is -2.15. The highest BCUT2D eigenvalue weighted by molar-refractivity contribution is 5.52. The van der Waals surface area contributed by atoms with Crippen molar-refractivity contribution in [1.29, 1.82) is 0 Å². The number of benzene rings is 1. The summed E-state index contributed by atoms with van der Waals surface area (Å²) in [4.78, 5) is 0. The maximum atomic E-state index is 5.63. The molecule has 0 aromatic heterocycles. The van der Waals surface area contributed by atoms with Crippen molar-refractivity contribution in [2.45, 2.75) is 20.4 Å². The van der Waals surface area contributed by atoms with E-state index < -0.39 is 0 Å². The Morgan fingerprint density at radius 2 is 1.79 bits per heavy atom. The van der Waals surface area contributed by atoms with E-state index in [-0.39, 0.29) is 0 Å². The van der Waals surface area contributed by atoms with Crippen LogP contribution in [0.25, 0.3) is 0 Å². The van der Waals surface area contributed by atoms with Crippen LogP contribution in [0.3, 0.4) is 0 Å². The second-order valence-corrected chi connectivity index (χ2v) is 3.23. The summed E-state index contributed by atoms with van der Waals surface area (Å²) in [7, 11) is 3.32. The van der Waals surface area contributed by atoms with Crippen molar-refractivity contribution in [3.8, 4) is 11.5 Å². The topological polar surface area (TPSA) is 44.5 Å². The molecule has 0 atom stereocenters. The van der Waals surface area contributed by atoms with Crippen LogP contribution in [-0.2, 0) is 6.54 Å². The Morgan fingerprint density at radius 3 is 2.21 bits per heavy atom. The van der Waals surface area contributed by atoms with E-state index in [1.807, 2.05) is 19.9 Å². The molecular weight excluding hydrogens is 178 g/mol. The molecule has 0 aliphatic rings. The third-order valence-corrected chi connectivity index (χ3v) is 2.51. The van der Waals surface area contributed by atoms with Crippen LogP contribution < -0.4 is 15.2 Å². The quantitative estimate of drug-likeness (QED) is 0.799. The summed E-state index contributed by atoms with van der Waals surface area (Å²) in [6.07, 6.45) is 0. The third-order valence-electron chi connectivity index (χ3n) is 2.51. The van der Waals surface area contributed by atoms with Crippen molar-refractivity contribution in [3.05, 3.63) is 22.8 Å². The van der Waals surface area contributed by atoms with Crippen molar-refractivity contribution in [3.63, 3.8) is 0 Å². The van der Waals surface area contributed by atoms with Crippen molar-refractivity contribution in [1.82, 2.24) is 0 Å². The van der Waals surface area contributed by atoms with Gasteiger partial charge in [0.25, 0.3) is 0 Å². The number of nitrogens with two attached hydrogens (primary N) is 1. The predicted octanol–water partition coefficient (Wildman–Crippen LogP) is 1.78. The molecule has 0 saturated heterocycles. The fourth-order valence-corrected chi connectivity index (χ4v) is 1.58. The van der Waals surface area contributed by atoms with Crippen LogP contribution in [0.5, 0.6) is 11.5 Å². The van der Waals surface area contributed by atoms with Crippen LogP contribution in [0, 0.1) is 13.8 Å². The van der Waals surface area contributed by atoms with E-state index in [0.717, 1.165) is 28.2 Å². The molecular formula is C11H17NO2. The molecule has 0 heterocycles. The van der Waals surface area contributed by atoms with Gasteiger partial charge in [0.1, 0.15) is 11.5 Å². The molecule has 0 fully saturated rings. The summed E-state index contributed by atoms with van der Waals surface area (Å²) < 4.78 is 10.6. The molecule has 0 saturated carbocycles. The first kappa shape index (κ1) is 10.9. The zero-order valence-corrected chi connectivity index (χ0v) is 9.18. The number of hydrogen-bond acceptors (Lipinski definition) is 3. The Bertz CT molecular complexity index is 335. The molecule has 2 N–H and O–H groups in total. The molecule has 1 aromatic rings. The highest BCUT2D eigenvalue weighted by Gasteiger charge is 2.12. The van der Waals surface area contributed by atoms with Crippen molar-refractivity contribution in [2.24, 2.45) is 5.73 Å². The zero-order valence-electron chi connectivity index (χ0n) is 9.18. The Balaban J connectivity index is 3.38. The largest absolute Gasteiger partial charge is 0.496 e. The number of rotatable bonds is 3. The lowest BCUT2D eigenvalue weighted by Crippen LogP contribution is -2.04. The highest BCUT2D eigenvalue weighted by atomic mass is 16.5. The molecule has 0 radical (unpaired) electrons. The van der Waals surface area contributed by atoms with Crippen molar-refractivity contribution < 1.29 is 9.47 Å². The Labute approximate surface area is 84.8 Å². The minimum atomic E-state index is 0.459. The summed E-state index contributed by atoms with van der Waals surface area (Å²) in [5.41, 5.74) is 8.80. The van der Waals surface area contributed by atoms with Gasteiger partial charge in [0.2, 0.25) is 0 Å². The summed E-state index contributed by atoms with van der Waals surface area (Å²) in [5.74, 6) is 1.73. The minimum absolute atomic E-state index is 0.459. The van der Waals surface area contributed by atoms with E-state index in [1.165, 1.54) is 0 Å². The first-order chi connectivity index (χ1) is 6.65. The lowest BCUT2D eigenvalue weighted by atomic mass is 10.0. The molecule has 1 aromatic carbocycles. The number of hydrogen-bond donors (Lipinski definition) is 1. The second-order valence-electron chi connectivity index (χ2n) is 3.23. The predicted molar refractivity (Wildman–Crippen MR) is 56.9 cm³/mol. The van der Waals surface area contributed by atoms with Gasteiger partial charge in [0.05, 0.1) is 14.2 Å². The van der Waals surface area contributed by atoms with Gasteiger partial charge < -0.3 is 15.2 Å². The van der Waals surface area contributed by atoms with E-state index in [4.69, 9.17) is 15.2 Å². The lowest BCUT2D eigenvalue weighted by molar-refractivity contribution is 0.393. The molecule has 0 amide bonds. The van der Waals surface area contributed by atoms with Gasteiger partial charge in [-0.15, -0.1) is 0 Å². The SMILES string of the molecule is COc1cc(CN)c(OC)c(C)c1C. The molecule has 0 bridgehead atoms. The molecule has 0 unspecified atom stereocenters. The van der Waals surface area contributed by atoms with E-state index in [9.17, 15) is 0 Å². The van der Waals surface area contributed by atoms with Gasteiger partial charge in [-0.1, -0.05) is 0 Å². The molecule has 78 valence electrons. The molecule has 0 aliphatic carbocycles. The summed E-state index contributed by atoms with van der Waals surface area (Å²) in [5, 5.41) is 0. The smallest absolute Gasteiger partial charge is 0.126 e. The van der Waals surface area contributed by atoms with E-state index >= 15 is 0 Å². The average molecular weight is 195 g/mol. The van der Waals surface area contributed by atoms with E-state index in [0.29, 0.717) is 6.54 Å². The fraction of sp³-hybridized carbons (Fsp3) is 0.455. The first-order valence-corrected chi connectivity index (χ1v) is 4.56. The van der Waals surface area contributed by atoms with Crippen LogP contribution in [0.15, 0.2) is 6.07 Å². The maximum absolute atomic E-state index is 5.63. The minimum Gasteiger partial charge on any atom is -0.496 e. The molecule has 1 rings (SSSR count). The first-order valence-electron chi connectivity index (χ1n) is 4.56. The standard InChI is InChI=1S/C11H17NO2/c1-7-8(2)11(14-4)9(6-12)5-10(7)13-3/h5H,6,12H2,1-4H3. The fourth-order valence-electron chi connectivity index (χ4n) is 1.58. The van der Waals surface area contributed by atoms with Gasteiger partial charge in [-0.25, -0.2) is 0 Å². The maximum Gasteiger partial charge on any atom is 0.126 e. The van der Waals surface area contributed by atoms with Crippen molar-refractivity contribution in [2.75, 3.05) is 14.2 Å². The van der Waals surface area contributed by atoms with Gasteiger partial charge in [0.15, 0.2) is 0 Å². The van der Waals surface area contributed by atoms with E-state index in [1.54, 1.807) is 14.2 Å². The van der Waals surface area contributed by atoms with Gasteiger partial charge in [-0.3, -0.25) is 0 Å². The van der Waals surface area contributed by atoms with Gasteiger partial charge in [-0.05, 0) is 31.0 Å². The third kappa shape index (κ3) is 1.68. The molecule has 0 aliphatic heterocycles. The van der Waals surface area contributed by atoms with Gasteiger partial charge in [-0.2, -0.15) is 0 Å². The second kappa shape index (κ2) is 4.33. The Morgan fingerprint density at radius 1 is 1.14 bits per heavy atom. The van der Waals surface area contributed by atoms with Crippen LogP contribution in [-0.4, -0.2) is 14.2 Å². The Kier molecular flexibility index (Phi) is 3.36. The number of methoxy groups -OCH3 is 2. The zero-order chi connectivity index (χ0) is 10.7. The van der Waals surface area contributed by atoms with Crippen LogP contribution in [0.2, 0.25) is 0 Å². The molecule has 0 spiro atoms. The van der Waals surface area contributed by atoms with Crippen LogP contribution in [0.1, 0.15) is 16.7 Å². The summed E-state index contributed by atoms with van der Waals surface area (Å²) in [6.45, 7) is 4.48. The van der Waals surface area contributed by atoms with Gasteiger partial charge in [0, 0.05) is 12.1 Å². The normalized spacial score (nSPS) is 10.1. The monoisotopic (exact) mass is 195 g/mol.